The summed E-state index contributed by atoms with van der Waals surface area (Å²) in [6.45, 7) is 2.11. The van der Waals surface area contributed by atoms with Crippen LogP contribution >= 0.6 is 0 Å². The van der Waals surface area contributed by atoms with Crippen molar-refractivity contribution in [3.05, 3.63) is 83.7 Å². The third-order valence-electron chi connectivity index (χ3n) is 4.30. The van der Waals surface area contributed by atoms with Crippen LogP contribution < -0.4 is 14.4 Å². The van der Waals surface area contributed by atoms with Gasteiger partial charge in [0, 0.05) is 30.6 Å². The largest absolute Gasteiger partial charge is 0.755 e. The van der Waals surface area contributed by atoms with Gasteiger partial charge in [-0.05, 0) is 48.4 Å². The zero-order valence-corrected chi connectivity index (χ0v) is 16.8. The van der Waals surface area contributed by atoms with Crippen LogP contribution in [0.2, 0.25) is 0 Å². The first-order valence-corrected chi connectivity index (χ1v) is 9.84. The fourth-order valence-corrected chi connectivity index (χ4v) is 3.44. The van der Waals surface area contributed by atoms with E-state index in [-0.39, 0.29) is 5.91 Å². The number of pyridine rings is 1. The topological polar surface area (TPSA) is 94.6 Å². The van der Waals surface area contributed by atoms with Crippen molar-refractivity contribution in [1.29, 1.82) is 0 Å². The summed E-state index contributed by atoms with van der Waals surface area (Å²) in [4.78, 5) is 16.6. The molecule has 150 valence electrons. The van der Waals surface area contributed by atoms with E-state index in [1.165, 1.54) is 7.11 Å². The molecule has 1 amide bonds. The Bertz CT molecular complexity index is 1030. The van der Waals surface area contributed by atoms with Gasteiger partial charge in [0.1, 0.15) is 5.75 Å². The van der Waals surface area contributed by atoms with Crippen molar-refractivity contribution in [1.82, 2.24) is 10.3 Å². The lowest BCUT2D eigenvalue weighted by atomic mass is 10.1. The van der Waals surface area contributed by atoms with Crippen LogP contribution in [0.25, 0.3) is 0 Å². The van der Waals surface area contributed by atoms with Crippen LogP contribution in [0.15, 0.2) is 67.0 Å². The fourth-order valence-electron chi connectivity index (χ4n) is 2.80. The van der Waals surface area contributed by atoms with Crippen LogP contribution in [-0.2, 0) is 17.8 Å². The summed E-state index contributed by atoms with van der Waals surface area (Å²) >= 11 is -2.59. The highest BCUT2D eigenvalue weighted by molar-refractivity contribution is 7.81. The molecule has 0 saturated carbocycles. The summed E-state index contributed by atoms with van der Waals surface area (Å²) in [6, 6.07) is 15.3. The molecule has 2 aromatic carbocycles. The molecule has 1 heterocycles. The molecule has 0 saturated heterocycles. The number of amides is 1. The molecule has 3 aromatic rings. The Morgan fingerprint density at radius 3 is 2.72 bits per heavy atom. The minimum Gasteiger partial charge on any atom is -0.755 e. The second-order valence-corrected chi connectivity index (χ2v) is 7.06. The summed E-state index contributed by atoms with van der Waals surface area (Å²) in [5.41, 5.74) is 2.73. The van der Waals surface area contributed by atoms with Crippen molar-refractivity contribution < 1.29 is 18.3 Å². The summed E-state index contributed by atoms with van der Waals surface area (Å²) in [5, 5.41) is 2.82. The summed E-state index contributed by atoms with van der Waals surface area (Å²) < 4.78 is 30.4. The predicted molar refractivity (Wildman–Crippen MR) is 111 cm³/mol. The van der Waals surface area contributed by atoms with Crippen LogP contribution in [0, 0.1) is 6.92 Å². The fraction of sp³-hybridized carbons (Fsp3) is 0.143. The maximum Gasteiger partial charge on any atom is 0.251 e. The quantitative estimate of drug-likeness (QED) is 0.603. The van der Waals surface area contributed by atoms with Gasteiger partial charge < -0.3 is 14.6 Å². The number of ether oxygens (including phenoxy) is 1. The lowest BCUT2D eigenvalue weighted by molar-refractivity contribution is 0.0951. The van der Waals surface area contributed by atoms with Gasteiger partial charge in [-0.1, -0.05) is 18.2 Å². The summed E-state index contributed by atoms with van der Waals surface area (Å²) in [5.74, 6) is 0.221. The minimum atomic E-state index is -2.59. The average molecular weight is 410 g/mol. The van der Waals surface area contributed by atoms with E-state index < -0.39 is 11.3 Å². The standard InChI is InChI=1S/C21H21N3O4S/c1-15-8-9-17(21(25)23-14-16-5-4-10-22-13-16)11-20(15)24(29(26)27)18-6-3-7-19(12-18)28-2/h3-13H,14H2,1-2H3,(H,23,25)(H,26,27)/p-1. The summed E-state index contributed by atoms with van der Waals surface area (Å²) in [6.07, 6.45) is 3.33. The maximum atomic E-state index is 12.6. The van der Waals surface area contributed by atoms with E-state index in [9.17, 15) is 13.6 Å². The van der Waals surface area contributed by atoms with Crippen molar-refractivity contribution in [3.63, 3.8) is 0 Å². The second kappa shape index (κ2) is 9.31. The molecule has 29 heavy (non-hydrogen) atoms. The number of hydrogen-bond acceptors (Lipinski definition) is 5. The molecule has 1 aromatic heterocycles. The van der Waals surface area contributed by atoms with E-state index in [0.717, 1.165) is 9.87 Å². The minimum absolute atomic E-state index is 0.308. The molecule has 1 atom stereocenters. The van der Waals surface area contributed by atoms with E-state index in [0.29, 0.717) is 34.8 Å². The van der Waals surface area contributed by atoms with Crippen molar-refractivity contribution in [3.8, 4) is 5.75 Å². The molecule has 0 radical (unpaired) electrons. The number of benzene rings is 2. The molecular formula is C21H20N3O4S-. The molecule has 1 unspecified atom stereocenters. The number of hydrogen-bond donors (Lipinski definition) is 1. The zero-order chi connectivity index (χ0) is 20.8. The SMILES string of the molecule is COc1cccc(N(c2cc(C(=O)NCc3cccnc3)ccc2C)S(=O)[O-])c1. The Morgan fingerprint density at radius 2 is 2.03 bits per heavy atom. The maximum absolute atomic E-state index is 12.6. The van der Waals surface area contributed by atoms with Crippen molar-refractivity contribution in [2.75, 3.05) is 11.4 Å². The Balaban J connectivity index is 1.89. The van der Waals surface area contributed by atoms with Crippen LogP contribution in [0.3, 0.4) is 0 Å². The van der Waals surface area contributed by atoms with Crippen LogP contribution in [0.4, 0.5) is 11.4 Å². The second-order valence-electron chi connectivity index (χ2n) is 6.26. The highest BCUT2D eigenvalue weighted by Crippen LogP contribution is 2.32. The molecule has 0 aliphatic heterocycles. The third kappa shape index (κ3) is 4.98. The summed E-state index contributed by atoms with van der Waals surface area (Å²) in [7, 11) is 1.51. The van der Waals surface area contributed by atoms with E-state index >= 15 is 0 Å². The number of rotatable bonds is 7. The van der Waals surface area contributed by atoms with Crippen LogP contribution in [-0.4, -0.2) is 26.8 Å². The number of methoxy groups -OCH3 is 1. The lowest BCUT2D eigenvalue weighted by Crippen LogP contribution is -2.24. The molecule has 1 N–H and O–H groups in total. The number of aromatic nitrogens is 1. The Labute approximate surface area is 171 Å². The molecule has 3 rings (SSSR count). The zero-order valence-electron chi connectivity index (χ0n) is 16.0. The van der Waals surface area contributed by atoms with E-state index in [1.54, 1.807) is 67.8 Å². The first-order chi connectivity index (χ1) is 14.0. The smallest absolute Gasteiger partial charge is 0.251 e. The molecule has 0 aliphatic carbocycles. The van der Waals surface area contributed by atoms with Gasteiger partial charge in [0.2, 0.25) is 0 Å². The molecule has 0 fully saturated rings. The van der Waals surface area contributed by atoms with Gasteiger partial charge in [-0.15, -0.1) is 0 Å². The number of aryl methyl sites for hydroxylation is 1. The van der Waals surface area contributed by atoms with Gasteiger partial charge in [-0.2, -0.15) is 0 Å². The molecule has 8 heteroatoms. The van der Waals surface area contributed by atoms with Gasteiger partial charge in [0.25, 0.3) is 5.91 Å². The van der Waals surface area contributed by atoms with Gasteiger partial charge >= 0.3 is 0 Å². The van der Waals surface area contributed by atoms with Gasteiger partial charge in [0.15, 0.2) is 0 Å². The number of carbonyl (C=O) groups is 1. The first kappa shape index (κ1) is 20.5. The number of carbonyl (C=O) groups excluding carboxylic acids is 1. The Hall–Kier alpha value is -3.23. The van der Waals surface area contributed by atoms with E-state index in [4.69, 9.17) is 4.74 Å². The first-order valence-electron chi connectivity index (χ1n) is 8.81. The van der Waals surface area contributed by atoms with E-state index in [2.05, 4.69) is 10.3 Å². The van der Waals surface area contributed by atoms with E-state index in [1.807, 2.05) is 6.07 Å². The molecule has 0 aliphatic rings. The Morgan fingerprint density at radius 1 is 1.21 bits per heavy atom. The molecule has 0 bridgehead atoms. The lowest BCUT2D eigenvalue weighted by Gasteiger charge is -2.28. The van der Waals surface area contributed by atoms with Crippen LogP contribution in [0.5, 0.6) is 5.75 Å². The number of nitrogens with one attached hydrogen (secondary N) is 1. The van der Waals surface area contributed by atoms with Gasteiger partial charge in [0.05, 0.1) is 29.8 Å². The highest BCUT2D eigenvalue weighted by atomic mass is 32.2. The van der Waals surface area contributed by atoms with Crippen molar-refractivity contribution in [2.45, 2.75) is 13.5 Å². The number of anilines is 2. The van der Waals surface area contributed by atoms with Crippen molar-refractivity contribution in [2.24, 2.45) is 0 Å². The number of nitrogens with zero attached hydrogens (tertiary/aromatic N) is 2. The van der Waals surface area contributed by atoms with Gasteiger partial charge in [-0.3, -0.25) is 18.3 Å². The van der Waals surface area contributed by atoms with Crippen LogP contribution in [0.1, 0.15) is 21.5 Å². The average Bonchev–Trinajstić information content (AvgIpc) is 2.74. The predicted octanol–water partition coefficient (Wildman–Crippen LogP) is 3.26. The molecular weight excluding hydrogens is 390 g/mol. The molecule has 7 nitrogen and oxygen atoms in total. The van der Waals surface area contributed by atoms with Gasteiger partial charge in [-0.25, -0.2) is 0 Å². The third-order valence-corrected chi connectivity index (χ3v) is 5.01. The highest BCUT2D eigenvalue weighted by Gasteiger charge is 2.16. The van der Waals surface area contributed by atoms with Crippen molar-refractivity contribution >= 4 is 28.5 Å². The monoisotopic (exact) mass is 410 g/mol. The molecule has 0 spiro atoms. The Kier molecular flexibility index (Phi) is 6.58. The normalized spacial score (nSPS) is 11.6.